The Morgan fingerprint density at radius 1 is 1.17 bits per heavy atom. The lowest BCUT2D eigenvalue weighted by Gasteiger charge is -2.14. The zero-order valence-electron chi connectivity index (χ0n) is 18.6. The number of nitriles is 1. The highest BCUT2D eigenvalue weighted by Crippen LogP contribution is 2.33. The zero-order valence-corrected chi connectivity index (χ0v) is 19.5. The fourth-order valence-electron chi connectivity index (χ4n) is 3.22. The third kappa shape index (κ3) is 5.70. The molecule has 0 radical (unpaired) electrons. The number of halogens is 2. The highest BCUT2D eigenvalue weighted by molar-refractivity contribution is 7.17. The van der Waals surface area contributed by atoms with E-state index in [9.17, 15) is 18.4 Å². The second-order valence-corrected chi connectivity index (χ2v) is 8.29. The third-order valence-electron chi connectivity index (χ3n) is 4.94. The van der Waals surface area contributed by atoms with Gasteiger partial charge in [0.2, 0.25) is 5.13 Å². The van der Waals surface area contributed by atoms with E-state index in [-0.39, 0.29) is 39.4 Å². The van der Waals surface area contributed by atoms with Gasteiger partial charge in [0.1, 0.15) is 12.4 Å². The molecule has 1 N–H and O–H groups in total. The first-order chi connectivity index (χ1) is 17.3. The number of ether oxygens (including phenoxy) is 2. The molecule has 0 aliphatic heterocycles. The van der Waals surface area contributed by atoms with E-state index in [2.05, 4.69) is 20.3 Å². The Balaban J connectivity index is 1.55. The number of carbonyl (C=O) groups is 1. The maximum absolute atomic E-state index is 13.1. The van der Waals surface area contributed by atoms with Gasteiger partial charge in [-0.3, -0.25) is 14.9 Å². The molecular weight excluding hydrogens is 492 g/mol. The zero-order chi connectivity index (χ0) is 25.7. The molecule has 12 heteroatoms. The normalized spacial score (nSPS) is 10.6. The molecule has 0 spiro atoms. The van der Waals surface area contributed by atoms with Crippen LogP contribution in [0.5, 0.6) is 10.9 Å². The van der Waals surface area contributed by atoms with Gasteiger partial charge in [-0.25, -0.2) is 0 Å². The van der Waals surface area contributed by atoms with E-state index in [4.69, 9.17) is 10.00 Å². The summed E-state index contributed by atoms with van der Waals surface area (Å²) >= 11 is 0.967. The van der Waals surface area contributed by atoms with E-state index in [0.29, 0.717) is 5.56 Å². The SMILES string of the molecule is Cn1cc(-c2ccccc2OC(F)F)c(C(=O)Nc2nnc(OCc3ccc(C#N)cc3)s2)cc1=O. The number of pyridine rings is 1. The highest BCUT2D eigenvalue weighted by atomic mass is 32.1. The molecule has 4 aromatic rings. The van der Waals surface area contributed by atoms with Crippen LogP contribution in [-0.2, 0) is 13.7 Å². The predicted octanol–water partition coefficient (Wildman–Crippen LogP) is 4.21. The molecule has 1 amide bonds. The van der Waals surface area contributed by atoms with Gasteiger partial charge in [0.25, 0.3) is 16.7 Å². The van der Waals surface area contributed by atoms with Crippen molar-refractivity contribution < 1.29 is 23.0 Å². The van der Waals surface area contributed by atoms with Crippen LogP contribution in [0.1, 0.15) is 21.5 Å². The van der Waals surface area contributed by atoms with Crippen molar-refractivity contribution in [2.45, 2.75) is 13.2 Å². The van der Waals surface area contributed by atoms with E-state index >= 15 is 0 Å². The Bertz CT molecular complexity index is 1500. The summed E-state index contributed by atoms with van der Waals surface area (Å²) in [6.45, 7) is -2.89. The lowest BCUT2D eigenvalue weighted by molar-refractivity contribution is -0.0494. The summed E-state index contributed by atoms with van der Waals surface area (Å²) in [7, 11) is 1.48. The number of para-hydroxylation sites is 1. The molecule has 0 aliphatic carbocycles. The summed E-state index contributed by atoms with van der Waals surface area (Å²) in [5.74, 6) is -0.834. The smallest absolute Gasteiger partial charge is 0.387 e. The Labute approximate surface area is 207 Å². The lowest BCUT2D eigenvalue weighted by atomic mass is 10.0. The summed E-state index contributed by atoms with van der Waals surface area (Å²) < 4.78 is 37.2. The Kier molecular flexibility index (Phi) is 7.31. The number of nitrogens with zero attached hydrogens (tertiary/aromatic N) is 4. The number of aromatic nitrogens is 3. The Morgan fingerprint density at radius 2 is 1.92 bits per heavy atom. The summed E-state index contributed by atoms with van der Waals surface area (Å²) in [4.78, 5) is 25.4. The largest absolute Gasteiger partial charge is 0.464 e. The second-order valence-electron chi connectivity index (χ2n) is 7.35. The molecule has 2 heterocycles. The van der Waals surface area contributed by atoms with E-state index in [0.717, 1.165) is 23.0 Å². The number of hydrogen-bond acceptors (Lipinski definition) is 8. The lowest BCUT2D eigenvalue weighted by Crippen LogP contribution is -2.22. The van der Waals surface area contributed by atoms with E-state index in [1.54, 1.807) is 30.3 Å². The molecule has 9 nitrogen and oxygen atoms in total. The van der Waals surface area contributed by atoms with Gasteiger partial charge in [-0.05, 0) is 35.1 Å². The number of benzene rings is 2. The summed E-state index contributed by atoms with van der Waals surface area (Å²) in [6, 6.07) is 15.9. The molecule has 2 aromatic carbocycles. The van der Waals surface area contributed by atoms with Gasteiger partial charge in [-0.2, -0.15) is 14.0 Å². The average Bonchev–Trinajstić information content (AvgIpc) is 3.31. The number of nitrogens with one attached hydrogen (secondary N) is 1. The molecule has 0 unspecified atom stereocenters. The van der Waals surface area contributed by atoms with Crippen LogP contribution in [0.2, 0.25) is 0 Å². The fraction of sp³-hybridized carbons (Fsp3) is 0.125. The van der Waals surface area contributed by atoms with Crippen molar-refractivity contribution in [3.8, 4) is 28.1 Å². The number of hydrogen-bond donors (Lipinski definition) is 1. The fourth-order valence-corrected chi connectivity index (χ4v) is 3.81. The minimum Gasteiger partial charge on any atom is -0.464 e. The van der Waals surface area contributed by atoms with Crippen molar-refractivity contribution in [3.05, 3.63) is 87.8 Å². The summed E-state index contributed by atoms with van der Waals surface area (Å²) in [6.07, 6.45) is 1.37. The van der Waals surface area contributed by atoms with Gasteiger partial charge in [0.05, 0.1) is 17.2 Å². The van der Waals surface area contributed by atoms with Crippen molar-refractivity contribution in [1.29, 1.82) is 5.26 Å². The third-order valence-corrected chi connectivity index (χ3v) is 5.69. The van der Waals surface area contributed by atoms with Crippen LogP contribution in [0.15, 0.2) is 65.6 Å². The first kappa shape index (κ1) is 24.5. The monoisotopic (exact) mass is 509 g/mol. The number of aryl methyl sites for hydroxylation is 1. The molecule has 0 saturated heterocycles. The molecule has 2 aromatic heterocycles. The maximum Gasteiger partial charge on any atom is 0.387 e. The molecule has 0 fully saturated rings. The van der Waals surface area contributed by atoms with Crippen LogP contribution in [0.25, 0.3) is 11.1 Å². The minimum absolute atomic E-state index is 0.0568. The number of alkyl halides is 2. The molecule has 0 atom stereocenters. The van der Waals surface area contributed by atoms with Gasteiger partial charge in [-0.15, -0.1) is 5.10 Å². The molecule has 0 bridgehead atoms. The molecular formula is C24H17F2N5O4S. The van der Waals surface area contributed by atoms with Gasteiger partial charge >= 0.3 is 6.61 Å². The highest BCUT2D eigenvalue weighted by Gasteiger charge is 2.20. The van der Waals surface area contributed by atoms with Crippen molar-refractivity contribution in [2.75, 3.05) is 5.32 Å². The second kappa shape index (κ2) is 10.7. The van der Waals surface area contributed by atoms with E-state index in [1.165, 1.54) is 36.0 Å². The minimum atomic E-state index is -3.07. The van der Waals surface area contributed by atoms with Crippen LogP contribution < -0.4 is 20.3 Å². The van der Waals surface area contributed by atoms with Crippen LogP contribution >= 0.6 is 11.3 Å². The van der Waals surface area contributed by atoms with Gasteiger partial charge < -0.3 is 14.0 Å². The first-order valence-corrected chi connectivity index (χ1v) is 11.2. The number of rotatable bonds is 8. The number of amides is 1. The summed E-state index contributed by atoms with van der Waals surface area (Å²) in [5.41, 5.74) is 1.23. The van der Waals surface area contributed by atoms with Crippen LogP contribution in [-0.4, -0.2) is 27.3 Å². The van der Waals surface area contributed by atoms with Crippen molar-refractivity contribution in [3.63, 3.8) is 0 Å². The van der Waals surface area contributed by atoms with Gasteiger partial charge in [-0.1, -0.05) is 35.4 Å². The predicted molar refractivity (Wildman–Crippen MR) is 127 cm³/mol. The molecule has 36 heavy (non-hydrogen) atoms. The first-order valence-electron chi connectivity index (χ1n) is 10.4. The summed E-state index contributed by atoms with van der Waals surface area (Å²) in [5, 5.41) is 19.5. The van der Waals surface area contributed by atoms with E-state index < -0.39 is 18.1 Å². The van der Waals surface area contributed by atoms with Crippen LogP contribution in [0.3, 0.4) is 0 Å². The quantitative estimate of drug-likeness (QED) is 0.378. The van der Waals surface area contributed by atoms with Gasteiger partial charge in [0.15, 0.2) is 0 Å². The molecule has 0 aliphatic rings. The van der Waals surface area contributed by atoms with E-state index in [1.807, 2.05) is 6.07 Å². The van der Waals surface area contributed by atoms with Crippen molar-refractivity contribution in [2.24, 2.45) is 7.05 Å². The Morgan fingerprint density at radius 3 is 2.64 bits per heavy atom. The standard InChI is InChI=1S/C24H17F2N5O4S/c1-31-12-18(16-4-2-3-5-19(16)35-22(25)26)17(10-20(31)32)21(33)28-23-29-30-24(36-23)34-13-15-8-6-14(11-27)7-9-15/h2-10,12,22H,13H2,1H3,(H,28,29,33). The molecule has 182 valence electrons. The van der Waals surface area contributed by atoms with Crippen LogP contribution in [0, 0.1) is 11.3 Å². The molecule has 4 rings (SSSR count). The Hall–Kier alpha value is -4.63. The maximum atomic E-state index is 13.1. The van der Waals surface area contributed by atoms with Crippen LogP contribution in [0.4, 0.5) is 13.9 Å². The number of anilines is 1. The van der Waals surface area contributed by atoms with Gasteiger partial charge in [0, 0.05) is 30.4 Å². The van der Waals surface area contributed by atoms with Crippen molar-refractivity contribution >= 4 is 22.4 Å². The number of carbonyl (C=O) groups excluding carboxylic acids is 1. The average molecular weight is 509 g/mol. The van der Waals surface area contributed by atoms with Crippen molar-refractivity contribution in [1.82, 2.24) is 14.8 Å². The molecule has 0 saturated carbocycles. The topological polar surface area (TPSA) is 119 Å².